The highest BCUT2D eigenvalue weighted by atomic mass is 14.7. The topological polar surface area (TPSA) is 25.8 Å². The van der Waals surface area contributed by atoms with Crippen molar-refractivity contribution in [2.45, 2.75) is 6.85 Å². The maximum Gasteiger partial charge on any atom is 0.0720 e. The van der Waals surface area contributed by atoms with Crippen molar-refractivity contribution in [3.8, 4) is 22.5 Å². The molecule has 2 heteroatoms. The van der Waals surface area contributed by atoms with Crippen LogP contribution in [0.3, 0.4) is 0 Å². The molecule has 0 aliphatic rings. The second-order valence-electron chi connectivity index (χ2n) is 4.21. The Hall–Kier alpha value is -2.48. The monoisotopic (exact) mass is 249 g/mol. The van der Waals surface area contributed by atoms with Crippen LogP contribution < -0.4 is 0 Å². The lowest BCUT2D eigenvalue weighted by Crippen LogP contribution is -1.88. The van der Waals surface area contributed by atoms with E-state index in [4.69, 9.17) is 4.11 Å². The van der Waals surface area contributed by atoms with Crippen molar-refractivity contribution < 1.29 is 4.11 Å². The predicted octanol–water partition coefficient (Wildman–Crippen LogP) is 4.12. The van der Waals surface area contributed by atoms with E-state index in [1.54, 1.807) is 18.3 Å². The zero-order chi connectivity index (χ0) is 15.6. The molecule has 2 heterocycles. The first-order valence-electron chi connectivity index (χ1n) is 7.53. The van der Waals surface area contributed by atoms with Crippen LogP contribution in [0.5, 0.6) is 0 Å². The molecule has 0 atom stereocenters. The smallest absolute Gasteiger partial charge is 0.0720 e. The molecule has 2 nitrogen and oxygen atoms in total. The molecular weight excluding hydrogens is 232 g/mol. The van der Waals surface area contributed by atoms with Crippen molar-refractivity contribution in [1.82, 2.24) is 9.97 Å². The molecule has 0 spiro atoms. The molecule has 3 rings (SSSR count). The molecule has 0 unspecified atom stereocenters. The van der Waals surface area contributed by atoms with Crippen LogP contribution in [0.2, 0.25) is 0 Å². The van der Waals surface area contributed by atoms with E-state index >= 15 is 0 Å². The number of hydrogen-bond donors (Lipinski definition) is 0. The molecule has 0 saturated heterocycles. The summed E-state index contributed by atoms with van der Waals surface area (Å²) in [5.74, 6) is 0. The highest BCUT2D eigenvalue weighted by molar-refractivity contribution is 5.64. The minimum atomic E-state index is -2.20. The first kappa shape index (κ1) is 8.59. The van der Waals surface area contributed by atoms with Gasteiger partial charge in [0.05, 0.1) is 11.4 Å². The van der Waals surface area contributed by atoms with Crippen molar-refractivity contribution in [2.75, 3.05) is 0 Å². The third kappa shape index (κ3) is 2.52. The Kier molecular flexibility index (Phi) is 2.27. The molecule has 92 valence electrons. The number of pyridine rings is 2. The average molecular weight is 249 g/mol. The fourth-order valence-electron chi connectivity index (χ4n) is 1.92. The molecule has 3 aromatic rings. The van der Waals surface area contributed by atoms with Crippen LogP contribution in [0.1, 0.15) is 9.81 Å². The summed E-state index contributed by atoms with van der Waals surface area (Å²) in [5.41, 5.74) is 3.42. The van der Waals surface area contributed by atoms with Crippen molar-refractivity contribution >= 4 is 0 Å². The second kappa shape index (κ2) is 5.02. The Morgan fingerprint density at radius 1 is 0.789 bits per heavy atom. The predicted molar refractivity (Wildman–Crippen MR) is 77.6 cm³/mol. The molecule has 2 aromatic heterocycles. The molecule has 0 amide bonds. The minimum absolute atomic E-state index is 0.0946. The maximum atomic E-state index is 7.43. The van der Waals surface area contributed by atoms with Gasteiger partial charge in [0.15, 0.2) is 0 Å². The van der Waals surface area contributed by atoms with Crippen molar-refractivity contribution in [2.24, 2.45) is 0 Å². The molecule has 0 aliphatic heterocycles. The third-order valence-electron chi connectivity index (χ3n) is 2.88. The van der Waals surface area contributed by atoms with Gasteiger partial charge < -0.3 is 0 Å². The fraction of sp³-hybridized carbons (Fsp3) is 0.0588. The van der Waals surface area contributed by atoms with Crippen LogP contribution in [0.4, 0.5) is 0 Å². The Balaban J connectivity index is 1.94. The number of nitrogens with zero attached hydrogens (tertiary/aromatic N) is 2. The van der Waals surface area contributed by atoms with Gasteiger partial charge in [-0.2, -0.15) is 0 Å². The van der Waals surface area contributed by atoms with Gasteiger partial charge in [0.25, 0.3) is 0 Å². The number of aryl methyl sites for hydroxylation is 1. The Morgan fingerprint density at radius 3 is 2.42 bits per heavy atom. The standard InChI is InChI=1S/C17H14N2/c1-13-6-5-9-17(19-13)15-10-11-16(18-12-15)14-7-3-2-4-8-14/h2-12H,1H3/i1D3. The number of hydrogen-bond acceptors (Lipinski definition) is 2. The van der Waals surface area contributed by atoms with E-state index in [0.29, 0.717) is 5.69 Å². The fourth-order valence-corrected chi connectivity index (χ4v) is 1.92. The minimum Gasteiger partial charge on any atom is -0.256 e. The van der Waals surface area contributed by atoms with E-state index in [1.165, 1.54) is 6.07 Å². The molecule has 0 fully saturated rings. The van der Waals surface area contributed by atoms with Gasteiger partial charge in [0, 0.05) is 27.1 Å². The molecule has 0 aliphatic carbocycles. The van der Waals surface area contributed by atoms with Gasteiger partial charge in [-0.25, -0.2) is 0 Å². The molecule has 19 heavy (non-hydrogen) atoms. The van der Waals surface area contributed by atoms with Crippen LogP contribution in [-0.4, -0.2) is 9.97 Å². The maximum absolute atomic E-state index is 7.43. The highest BCUT2D eigenvalue weighted by Gasteiger charge is 2.02. The SMILES string of the molecule is [2H]C([2H])([2H])c1cccc(-c2ccc(-c3ccccc3)nc2)n1. The van der Waals surface area contributed by atoms with E-state index in [9.17, 15) is 0 Å². The van der Waals surface area contributed by atoms with Crippen LogP contribution in [0.25, 0.3) is 22.5 Å². The quantitative estimate of drug-likeness (QED) is 0.682. The molecule has 0 N–H and O–H groups in total. The van der Waals surface area contributed by atoms with Gasteiger partial charge in [-0.3, -0.25) is 9.97 Å². The zero-order valence-electron chi connectivity index (χ0n) is 13.2. The number of rotatable bonds is 2. The average Bonchev–Trinajstić information content (AvgIpc) is 2.55. The first-order valence-corrected chi connectivity index (χ1v) is 6.03. The lowest BCUT2D eigenvalue weighted by atomic mass is 10.1. The lowest BCUT2D eigenvalue weighted by Gasteiger charge is -2.04. The van der Waals surface area contributed by atoms with E-state index in [2.05, 4.69) is 9.97 Å². The summed E-state index contributed by atoms with van der Waals surface area (Å²) in [6, 6.07) is 18.7. The summed E-state index contributed by atoms with van der Waals surface area (Å²) < 4.78 is 22.3. The van der Waals surface area contributed by atoms with Crippen LogP contribution in [0, 0.1) is 6.85 Å². The van der Waals surface area contributed by atoms with Crippen molar-refractivity contribution in [1.29, 1.82) is 0 Å². The Labute approximate surface area is 117 Å². The summed E-state index contributed by atoms with van der Waals surface area (Å²) in [7, 11) is 0. The van der Waals surface area contributed by atoms with Gasteiger partial charge >= 0.3 is 0 Å². The molecule has 0 bridgehead atoms. The van der Waals surface area contributed by atoms with Crippen molar-refractivity contribution in [3.63, 3.8) is 0 Å². The molecule has 0 saturated carbocycles. The zero-order valence-corrected chi connectivity index (χ0v) is 10.2. The molecular formula is C17H14N2. The van der Waals surface area contributed by atoms with Crippen molar-refractivity contribution in [3.05, 3.63) is 72.6 Å². The summed E-state index contributed by atoms with van der Waals surface area (Å²) in [4.78, 5) is 8.65. The summed E-state index contributed by atoms with van der Waals surface area (Å²) in [5, 5.41) is 0. The normalized spacial score (nSPS) is 13.4. The van der Waals surface area contributed by atoms with Gasteiger partial charge in [-0.1, -0.05) is 36.4 Å². The van der Waals surface area contributed by atoms with Gasteiger partial charge in [-0.05, 0) is 31.1 Å². The van der Waals surface area contributed by atoms with Crippen LogP contribution in [-0.2, 0) is 0 Å². The summed E-state index contributed by atoms with van der Waals surface area (Å²) in [6.07, 6.45) is 1.72. The number of aromatic nitrogens is 2. The van der Waals surface area contributed by atoms with E-state index in [-0.39, 0.29) is 5.69 Å². The Bertz CT molecular complexity index is 766. The van der Waals surface area contributed by atoms with Crippen LogP contribution >= 0.6 is 0 Å². The summed E-state index contributed by atoms with van der Waals surface area (Å²) >= 11 is 0. The largest absolute Gasteiger partial charge is 0.256 e. The van der Waals surface area contributed by atoms with Gasteiger partial charge in [0.2, 0.25) is 0 Å². The van der Waals surface area contributed by atoms with E-state index in [1.807, 2.05) is 42.5 Å². The number of benzene rings is 1. The highest BCUT2D eigenvalue weighted by Crippen LogP contribution is 2.21. The third-order valence-corrected chi connectivity index (χ3v) is 2.88. The van der Waals surface area contributed by atoms with Gasteiger partial charge in [0.1, 0.15) is 0 Å². The first-order chi connectivity index (χ1) is 10.5. The van der Waals surface area contributed by atoms with E-state index in [0.717, 1.165) is 16.8 Å². The molecule has 1 aromatic carbocycles. The van der Waals surface area contributed by atoms with Gasteiger partial charge in [-0.15, -0.1) is 0 Å². The second-order valence-corrected chi connectivity index (χ2v) is 4.21. The Morgan fingerprint density at radius 2 is 1.68 bits per heavy atom. The lowest BCUT2D eigenvalue weighted by molar-refractivity contribution is 1.20. The summed E-state index contributed by atoms with van der Waals surface area (Å²) in [6.45, 7) is -2.20. The molecule has 0 radical (unpaired) electrons. The van der Waals surface area contributed by atoms with E-state index < -0.39 is 6.85 Å². The van der Waals surface area contributed by atoms with Crippen LogP contribution in [0.15, 0.2) is 66.9 Å².